The SMILES string of the molecule is CN(C)CCC(CCCN)Nc1nc2c(Br)c(Br)c(Br)c(Br)c2[nH]1. The Bertz CT molecular complexity index is 656. The zero-order valence-corrected chi connectivity index (χ0v) is 19.9. The number of nitrogens with zero attached hydrogens (tertiary/aromatic N) is 2. The van der Waals surface area contributed by atoms with Crippen LogP contribution in [0, 0.1) is 0 Å². The minimum atomic E-state index is 0.334. The molecule has 2 rings (SSSR count). The number of rotatable bonds is 8. The first-order valence-electron chi connectivity index (χ1n) is 7.68. The predicted molar refractivity (Wildman–Crippen MR) is 116 cm³/mol. The Kier molecular flexibility index (Phi) is 8.01. The Labute approximate surface area is 176 Å². The van der Waals surface area contributed by atoms with Gasteiger partial charge in [0, 0.05) is 15.0 Å². The Morgan fingerprint density at radius 2 is 1.75 bits per heavy atom. The van der Waals surface area contributed by atoms with Gasteiger partial charge in [-0.3, -0.25) is 0 Å². The van der Waals surface area contributed by atoms with Gasteiger partial charge in [-0.15, -0.1) is 0 Å². The lowest BCUT2D eigenvalue weighted by molar-refractivity contribution is 0.379. The predicted octanol–water partition coefficient (Wildman–Crippen LogP) is 5.08. The third-order valence-corrected chi connectivity index (χ3v) is 8.48. The van der Waals surface area contributed by atoms with E-state index in [9.17, 15) is 0 Å². The quantitative estimate of drug-likeness (QED) is 0.296. The second-order valence-electron chi connectivity index (χ2n) is 5.93. The molecule has 0 spiro atoms. The van der Waals surface area contributed by atoms with E-state index in [4.69, 9.17) is 10.7 Å². The summed E-state index contributed by atoms with van der Waals surface area (Å²) >= 11 is 14.4. The van der Waals surface area contributed by atoms with Crippen molar-refractivity contribution in [2.75, 3.05) is 32.5 Å². The summed E-state index contributed by atoms with van der Waals surface area (Å²) in [6, 6.07) is 0.334. The molecule has 1 aromatic carbocycles. The van der Waals surface area contributed by atoms with E-state index in [0.717, 1.165) is 60.7 Å². The van der Waals surface area contributed by atoms with E-state index in [0.29, 0.717) is 12.6 Å². The molecule has 1 unspecified atom stereocenters. The smallest absolute Gasteiger partial charge is 0.201 e. The van der Waals surface area contributed by atoms with Crippen LogP contribution in [0.2, 0.25) is 0 Å². The highest BCUT2D eigenvalue weighted by atomic mass is 79.9. The number of fused-ring (bicyclic) bond motifs is 1. The summed E-state index contributed by atoms with van der Waals surface area (Å²) in [4.78, 5) is 10.3. The van der Waals surface area contributed by atoms with E-state index in [1.165, 1.54) is 0 Å². The van der Waals surface area contributed by atoms with Crippen molar-refractivity contribution >= 4 is 80.7 Å². The van der Waals surface area contributed by atoms with Crippen LogP contribution in [0.4, 0.5) is 5.95 Å². The van der Waals surface area contributed by atoms with Gasteiger partial charge in [-0.05, 0) is 110 Å². The van der Waals surface area contributed by atoms with E-state index < -0.39 is 0 Å². The second kappa shape index (κ2) is 9.32. The second-order valence-corrected chi connectivity index (χ2v) is 9.10. The Balaban J connectivity index is 2.26. The number of halogens is 4. The maximum absolute atomic E-state index is 5.68. The van der Waals surface area contributed by atoms with Gasteiger partial charge in [-0.25, -0.2) is 4.98 Å². The number of aromatic amines is 1. The number of nitrogens with one attached hydrogen (secondary N) is 2. The summed E-state index contributed by atoms with van der Waals surface area (Å²) in [5.41, 5.74) is 7.50. The van der Waals surface area contributed by atoms with Crippen molar-refractivity contribution in [1.82, 2.24) is 14.9 Å². The first-order valence-corrected chi connectivity index (χ1v) is 10.8. The van der Waals surface area contributed by atoms with Crippen molar-refractivity contribution in [2.24, 2.45) is 5.73 Å². The fraction of sp³-hybridized carbons (Fsp3) is 0.533. The van der Waals surface area contributed by atoms with Gasteiger partial charge in [-0.2, -0.15) is 0 Å². The molecule has 2 aromatic rings. The summed E-state index contributed by atoms with van der Waals surface area (Å²) in [5.74, 6) is 0.775. The molecule has 5 nitrogen and oxygen atoms in total. The fourth-order valence-electron chi connectivity index (χ4n) is 2.43. The maximum Gasteiger partial charge on any atom is 0.201 e. The number of nitrogens with two attached hydrogens (primary N) is 1. The molecule has 0 aliphatic heterocycles. The number of H-pyrrole nitrogens is 1. The molecule has 0 radical (unpaired) electrons. The molecule has 1 atom stereocenters. The highest BCUT2D eigenvalue weighted by Crippen LogP contribution is 2.42. The molecule has 0 fully saturated rings. The van der Waals surface area contributed by atoms with Gasteiger partial charge < -0.3 is 20.9 Å². The van der Waals surface area contributed by atoms with Crippen LogP contribution >= 0.6 is 63.7 Å². The van der Waals surface area contributed by atoms with Gasteiger partial charge in [0.15, 0.2) is 0 Å². The van der Waals surface area contributed by atoms with Gasteiger partial charge in [0.1, 0.15) is 5.52 Å². The van der Waals surface area contributed by atoms with Crippen molar-refractivity contribution in [1.29, 1.82) is 0 Å². The van der Waals surface area contributed by atoms with Crippen LogP contribution in [-0.4, -0.2) is 48.1 Å². The number of imidazole rings is 1. The third-order valence-electron chi connectivity index (χ3n) is 3.73. The van der Waals surface area contributed by atoms with Crippen LogP contribution in [0.1, 0.15) is 19.3 Å². The fourth-order valence-corrected chi connectivity index (χ4v) is 4.71. The van der Waals surface area contributed by atoms with E-state index in [1.54, 1.807) is 0 Å². The van der Waals surface area contributed by atoms with Crippen molar-refractivity contribution in [3.63, 3.8) is 0 Å². The monoisotopic (exact) mass is 587 g/mol. The maximum atomic E-state index is 5.68. The third kappa shape index (κ3) is 4.94. The van der Waals surface area contributed by atoms with Crippen LogP contribution in [-0.2, 0) is 0 Å². The topological polar surface area (TPSA) is 70.0 Å². The highest BCUT2D eigenvalue weighted by molar-refractivity contribution is 9.15. The minimum absolute atomic E-state index is 0.334. The summed E-state index contributed by atoms with van der Waals surface area (Å²) in [5, 5.41) is 3.53. The molecule has 0 aliphatic carbocycles. The molecule has 0 saturated carbocycles. The molecule has 24 heavy (non-hydrogen) atoms. The number of anilines is 1. The van der Waals surface area contributed by atoms with Crippen LogP contribution in [0.15, 0.2) is 17.9 Å². The lowest BCUT2D eigenvalue weighted by Gasteiger charge is -2.20. The van der Waals surface area contributed by atoms with E-state index in [-0.39, 0.29) is 0 Å². The molecule has 0 amide bonds. The zero-order chi connectivity index (χ0) is 17.9. The van der Waals surface area contributed by atoms with Gasteiger partial charge in [-0.1, -0.05) is 0 Å². The van der Waals surface area contributed by atoms with Crippen molar-refractivity contribution in [3.05, 3.63) is 17.9 Å². The molecule has 0 aliphatic rings. The van der Waals surface area contributed by atoms with Gasteiger partial charge >= 0.3 is 0 Å². The van der Waals surface area contributed by atoms with Gasteiger partial charge in [0.05, 0.1) is 14.5 Å². The Hall–Kier alpha value is 0.330. The Morgan fingerprint density at radius 3 is 2.38 bits per heavy atom. The standard InChI is InChI=1S/C15H21Br4N5/c1-24(2)7-5-8(4-3-6-20)21-15-22-13-11(18)9(16)10(17)12(19)14(13)23-15/h8H,3-7,20H2,1-2H3,(H2,21,22,23). The molecular formula is C15H21Br4N5. The van der Waals surface area contributed by atoms with Crippen molar-refractivity contribution in [3.8, 4) is 0 Å². The molecular weight excluding hydrogens is 570 g/mol. The summed E-state index contributed by atoms with van der Waals surface area (Å²) < 4.78 is 3.75. The van der Waals surface area contributed by atoms with Crippen LogP contribution in [0.5, 0.6) is 0 Å². The molecule has 0 saturated heterocycles. The number of benzene rings is 1. The average molecular weight is 591 g/mol. The normalized spacial score (nSPS) is 13.0. The largest absolute Gasteiger partial charge is 0.353 e. The van der Waals surface area contributed by atoms with E-state index >= 15 is 0 Å². The van der Waals surface area contributed by atoms with Crippen LogP contribution in [0.3, 0.4) is 0 Å². The lowest BCUT2D eigenvalue weighted by atomic mass is 10.1. The van der Waals surface area contributed by atoms with Crippen molar-refractivity contribution < 1.29 is 0 Å². The molecule has 1 aromatic heterocycles. The van der Waals surface area contributed by atoms with E-state index in [1.807, 2.05) is 0 Å². The lowest BCUT2D eigenvalue weighted by Crippen LogP contribution is -2.26. The number of hydrogen-bond donors (Lipinski definition) is 3. The zero-order valence-electron chi connectivity index (χ0n) is 13.6. The van der Waals surface area contributed by atoms with Crippen molar-refractivity contribution in [2.45, 2.75) is 25.3 Å². The number of hydrogen-bond acceptors (Lipinski definition) is 4. The molecule has 4 N–H and O–H groups in total. The minimum Gasteiger partial charge on any atom is -0.353 e. The number of aromatic nitrogens is 2. The molecule has 1 heterocycles. The summed E-state index contributed by atoms with van der Waals surface area (Å²) in [7, 11) is 4.18. The first kappa shape index (κ1) is 20.6. The summed E-state index contributed by atoms with van der Waals surface area (Å²) in [6.07, 6.45) is 3.06. The van der Waals surface area contributed by atoms with E-state index in [2.05, 4.69) is 93.0 Å². The Morgan fingerprint density at radius 1 is 1.08 bits per heavy atom. The van der Waals surface area contributed by atoms with Gasteiger partial charge in [0.2, 0.25) is 5.95 Å². The van der Waals surface area contributed by atoms with Crippen LogP contribution in [0.25, 0.3) is 11.0 Å². The summed E-state index contributed by atoms with van der Waals surface area (Å²) in [6.45, 7) is 1.73. The first-order chi connectivity index (χ1) is 11.3. The van der Waals surface area contributed by atoms with Crippen LogP contribution < -0.4 is 11.1 Å². The average Bonchev–Trinajstić information content (AvgIpc) is 2.97. The molecule has 134 valence electrons. The molecule has 0 bridgehead atoms. The van der Waals surface area contributed by atoms with Gasteiger partial charge in [0.25, 0.3) is 0 Å². The highest BCUT2D eigenvalue weighted by Gasteiger charge is 2.18. The molecule has 9 heteroatoms.